The number of halogens is 1. The van der Waals surface area contributed by atoms with Gasteiger partial charge in [-0.2, -0.15) is 5.10 Å². The third-order valence-electron chi connectivity index (χ3n) is 3.36. The number of hydrogen-bond acceptors (Lipinski definition) is 2. The lowest BCUT2D eigenvalue weighted by molar-refractivity contribution is -0.117. The predicted octanol–water partition coefficient (Wildman–Crippen LogP) is 1.69. The summed E-state index contributed by atoms with van der Waals surface area (Å²) < 4.78 is 14.9. The van der Waals surface area contributed by atoms with E-state index in [1.165, 1.54) is 12.1 Å². The Bertz CT molecular complexity index is 635. The highest BCUT2D eigenvalue weighted by Crippen LogP contribution is 2.29. The Labute approximate surface area is 110 Å². The van der Waals surface area contributed by atoms with Gasteiger partial charge >= 0.3 is 0 Å². The van der Waals surface area contributed by atoms with Crippen molar-refractivity contribution >= 4 is 11.6 Å². The van der Waals surface area contributed by atoms with Gasteiger partial charge in [-0.3, -0.25) is 9.48 Å². The van der Waals surface area contributed by atoms with E-state index >= 15 is 0 Å². The molecule has 0 fully saturated rings. The summed E-state index contributed by atoms with van der Waals surface area (Å²) in [5, 5.41) is 4.04. The normalized spacial score (nSPS) is 13.7. The minimum atomic E-state index is -0.306. The third-order valence-corrected chi connectivity index (χ3v) is 3.36. The van der Waals surface area contributed by atoms with Crippen LogP contribution in [-0.2, 0) is 24.7 Å². The summed E-state index contributed by atoms with van der Waals surface area (Å²) in [4.78, 5) is 13.9. The van der Waals surface area contributed by atoms with E-state index in [4.69, 9.17) is 0 Å². The lowest BCUT2D eigenvalue weighted by atomic mass is 10.1. The Hall–Kier alpha value is -2.17. The topological polar surface area (TPSA) is 38.1 Å². The largest absolute Gasteiger partial charge is 0.311 e. The molecule has 1 aromatic heterocycles. The van der Waals surface area contributed by atoms with Crippen LogP contribution in [-0.4, -0.2) is 22.2 Å². The number of carbonyl (C=O) groups is 1. The highest BCUT2D eigenvalue weighted by Gasteiger charge is 2.25. The van der Waals surface area contributed by atoms with Crippen LogP contribution < -0.4 is 4.90 Å². The highest BCUT2D eigenvalue weighted by molar-refractivity contribution is 5.96. The number of anilines is 1. The zero-order valence-corrected chi connectivity index (χ0v) is 10.6. The molecule has 1 aromatic carbocycles. The Balaban J connectivity index is 1.81. The summed E-state index contributed by atoms with van der Waals surface area (Å²) in [7, 11) is 1.81. The van der Waals surface area contributed by atoms with Crippen molar-refractivity contribution in [2.24, 2.45) is 7.05 Å². The number of fused-ring (bicyclic) bond motifs is 1. The van der Waals surface area contributed by atoms with Crippen LogP contribution in [0.4, 0.5) is 10.1 Å². The maximum absolute atomic E-state index is 13.3. The van der Waals surface area contributed by atoms with Crippen LogP contribution >= 0.6 is 0 Å². The van der Waals surface area contributed by atoms with Crippen LogP contribution in [0.5, 0.6) is 0 Å². The number of carbonyl (C=O) groups excluding carboxylic acids is 1. The van der Waals surface area contributed by atoms with Crippen molar-refractivity contribution in [3.63, 3.8) is 0 Å². The molecule has 3 rings (SSSR count). The lowest BCUT2D eigenvalue weighted by Crippen LogP contribution is -2.30. The first-order valence-corrected chi connectivity index (χ1v) is 6.20. The predicted molar refractivity (Wildman–Crippen MR) is 69.4 cm³/mol. The molecule has 0 aliphatic carbocycles. The zero-order valence-electron chi connectivity index (χ0n) is 10.6. The zero-order chi connectivity index (χ0) is 13.4. The molecule has 0 unspecified atom stereocenters. The summed E-state index contributed by atoms with van der Waals surface area (Å²) >= 11 is 0. The molecule has 5 heteroatoms. The van der Waals surface area contributed by atoms with Crippen LogP contribution in [0.15, 0.2) is 30.6 Å². The van der Waals surface area contributed by atoms with E-state index in [1.54, 1.807) is 21.8 Å². The molecule has 0 saturated heterocycles. The fourth-order valence-electron chi connectivity index (χ4n) is 2.44. The summed E-state index contributed by atoms with van der Waals surface area (Å²) in [5.74, 6) is -0.322. The van der Waals surface area contributed by atoms with Gasteiger partial charge in [0.15, 0.2) is 0 Å². The average molecular weight is 259 g/mol. The van der Waals surface area contributed by atoms with Gasteiger partial charge in [0.1, 0.15) is 5.82 Å². The Morgan fingerprint density at radius 2 is 2.32 bits per heavy atom. The monoisotopic (exact) mass is 259 g/mol. The van der Waals surface area contributed by atoms with Crippen molar-refractivity contribution in [2.75, 3.05) is 11.4 Å². The minimum absolute atomic E-state index is 0.0163. The average Bonchev–Trinajstić information content (AvgIpc) is 2.95. The molecule has 2 heterocycles. The molecule has 0 bridgehead atoms. The SMILES string of the molecule is Cn1cc(CC(=O)N2CCc3ccc(F)cc32)cn1. The summed E-state index contributed by atoms with van der Waals surface area (Å²) in [6.45, 7) is 0.623. The second-order valence-corrected chi connectivity index (χ2v) is 4.77. The summed E-state index contributed by atoms with van der Waals surface area (Å²) in [5.41, 5.74) is 2.60. The standard InChI is InChI=1S/C14H14FN3O/c1-17-9-10(8-16-17)6-14(19)18-5-4-11-2-3-12(15)7-13(11)18/h2-3,7-9H,4-6H2,1H3. The Kier molecular flexibility index (Phi) is 2.81. The van der Waals surface area contributed by atoms with Crippen molar-refractivity contribution in [3.8, 4) is 0 Å². The van der Waals surface area contributed by atoms with E-state index in [0.717, 1.165) is 17.5 Å². The molecule has 98 valence electrons. The third kappa shape index (κ3) is 2.23. The van der Waals surface area contributed by atoms with Crippen LogP contribution in [0.2, 0.25) is 0 Å². The van der Waals surface area contributed by atoms with E-state index in [0.29, 0.717) is 18.7 Å². The van der Waals surface area contributed by atoms with Gasteiger partial charge in [-0.05, 0) is 29.7 Å². The van der Waals surface area contributed by atoms with E-state index in [1.807, 2.05) is 13.2 Å². The number of benzene rings is 1. The van der Waals surface area contributed by atoms with Gasteiger partial charge in [0.05, 0.1) is 12.6 Å². The smallest absolute Gasteiger partial charge is 0.231 e. The van der Waals surface area contributed by atoms with Crippen molar-refractivity contribution in [3.05, 3.63) is 47.5 Å². The van der Waals surface area contributed by atoms with Gasteiger partial charge in [-0.25, -0.2) is 4.39 Å². The van der Waals surface area contributed by atoms with Gasteiger partial charge in [-0.15, -0.1) is 0 Å². The second kappa shape index (κ2) is 4.50. The number of rotatable bonds is 2. The van der Waals surface area contributed by atoms with Crippen LogP contribution in [0.25, 0.3) is 0 Å². The molecule has 0 N–H and O–H groups in total. The van der Waals surface area contributed by atoms with Crippen molar-refractivity contribution in [1.82, 2.24) is 9.78 Å². The van der Waals surface area contributed by atoms with Gasteiger partial charge in [0.25, 0.3) is 0 Å². The quantitative estimate of drug-likeness (QED) is 0.823. The lowest BCUT2D eigenvalue weighted by Gasteiger charge is -2.16. The maximum atomic E-state index is 13.3. The number of amides is 1. The first-order valence-electron chi connectivity index (χ1n) is 6.20. The van der Waals surface area contributed by atoms with Crippen molar-refractivity contribution in [1.29, 1.82) is 0 Å². The fraction of sp³-hybridized carbons (Fsp3) is 0.286. The molecule has 0 radical (unpaired) electrons. The van der Waals surface area contributed by atoms with Crippen LogP contribution in [0.1, 0.15) is 11.1 Å². The summed E-state index contributed by atoms with van der Waals surface area (Å²) in [6.07, 6.45) is 4.58. The number of aromatic nitrogens is 2. The Morgan fingerprint density at radius 3 is 3.05 bits per heavy atom. The number of nitrogens with zero attached hydrogens (tertiary/aromatic N) is 3. The van der Waals surface area contributed by atoms with Crippen molar-refractivity contribution in [2.45, 2.75) is 12.8 Å². The van der Waals surface area contributed by atoms with E-state index in [-0.39, 0.29) is 11.7 Å². The first-order chi connectivity index (χ1) is 9.13. The minimum Gasteiger partial charge on any atom is -0.311 e. The molecule has 2 aromatic rings. The van der Waals surface area contributed by atoms with Crippen LogP contribution in [0, 0.1) is 5.82 Å². The fourth-order valence-corrected chi connectivity index (χ4v) is 2.44. The van der Waals surface area contributed by atoms with Gasteiger partial charge < -0.3 is 4.90 Å². The van der Waals surface area contributed by atoms with Crippen LogP contribution in [0.3, 0.4) is 0 Å². The summed E-state index contributed by atoms with van der Waals surface area (Å²) in [6, 6.07) is 4.62. The van der Waals surface area contributed by atoms with E-state index in [9.17, 15) is 9.18 Å². The second-order valence-electron chi connectivity index (χ2n) is 4.77. The van der Waals surface area contributed by atoms with Gasteiger partial charge in [0, 0.05) is 25.5 Å². The number of aryl methyl sites for hydroxylation is 1. The molecule has 0 spiro atoms. The molecule has 4 nitrogen and oxygen atoms in total. The maximum Gasteiger partial charge on any atom is 0.231 e. The molecule has 0 saturated carbocycles. The van der Waals surface area contributed by atoms with E-state index < -0.39 is 0 Å². The first kappa shape index (κ1) is 11.9. The molecule has 1 aliphatic rings. The van der Waals surface area contributed by atoms with Crippen molar-refractivity contribution < 1.29 is 9.18 Å². The molecule has 1 amide bonds. The number of hydrogen-bond donors (Lipinski definition) is 0. The highest BCUT2D eigenvalue weighted by atomic mass is 19.1. The Morgan fingerprint density at radius 1 is 1.47 bits per heavy atom. The molecule has 1 aliphatic heterocycles. The van der Waals surface area contributed by atoms with Gasteiger partial charge in [-0.1, -0.05) is 6.07 Å². The molecule has 0 atom stereocenters. The molecular weight excluding hydrogens is 245 g/mol. The molecule has 19 heavy (non-hydrogen) atoms. The van der Waals surface area contributed by atoms with E-state index in [2.05, 4.69) is 5.10 Å². The molecular formula is C14H14FN3O. The van der Waals surface area contributed by atoms with Gasteiger partial charge in [0.2, 0.25) is 5.91 Å².